The number of rotatable bonds is 13. The fourth-order valence-corrected chi connectivity index (χ4v) is 4.46. The highest BCUT2D eigenvalue weighted by molar-refractivity contribution is 14.2. The summed E-state index contributed by atoms with van der Waals surface area (Å²) in [7, 11) is 0. The van der Waals surface area contributed by atoms with Gasteiger partial charge in [-0.1, -0.05) is 45.1 Å². The van der Waals surface area contributed by atoms with Crippen molar-refractivity contribution in [3.8, 4) is 11.5 Å². The second kappa shape index (κ2) is 12.7. The molecule has 0 bridgehead atoms. The van der Waals surface area contributed by atoms with Crippen LogP contribution in [0.15, 0.2) is 18.2 Å². The van der Waals surface area contributed by atoms with E-state index in [2.05, 4.69) is 12.2 Å². The first-order valence-corrected chi connectivity index (χ1v) is 17.6. The van der Waals surface area contributed by atoms with E-state index in [0.717, 1.165) is 19.3 Å². The quantitative estimate of drug-likeness (QED) is 0.137. The first-order chi connectivity index (χ1) is 13.0. The van der Waals surface area contributed by atoms with Gasteiger partial charge in [-0.15, -0.1) is 0 Å². The molecule has 28 heavy (non-hydrogen) atoms. The lowest BCUT2D eigenvalue weighted by Gasteiger charge is -2.15. The van der Waals surface area contributed by atoms with Crippen LogP contribution in [0.1, 0.15) is 57.4 Å². The lowest BCUT2D eigenvalue weighted by molar-refractivity contribution is -0.121. The SMILES string of the molecule is CCCCCCCCC(=O)NCc1ccc(OP(=O)(O)I)c(OP(=O)(O)I)c1. The highest BCUT2D eigenvalue weighted by atomic mass is 127. The molecule has 1 aromatic carbocycles. The first kappa shape index (κ1) is 26.2. The first-order valence-electron chi connectivity index (χ1n) is 8.84. The van der Waals surface area contributed by atoms with Crippen LogP contribution in [0.25, 0.3) is 0 Å². The summed E-state index contributed by atoms with van der Waals surface area (Å²) >= 11 is 2.47. The number of hydrogen-bond donors (Lipinski definition) is 3. The Balaban J connectivity index is 2.63. The molecule has 0 aliphatic rings. The lowest BCUT2D eigenvalue weighted by atomic mass is 10.1. The van der Waals surface area contributed by atoms with Crippen LogP contribution in [0.5, 0.6) is 11.5 Å². The average Bonchev–Trinajstić information content (AvgIpc) is 2.55. The highest BCUT2D eigenvalue weighted by Crippen LogP contribution is 2.57. The third-order valence-corrected chi connectivity index (χ3v) is 5.70. The number of benzene rings is 1. The van der Waals surface area contributed by atoms with E-state index in [4.69, 9.17) is 9.05 Å². The molecule has 12 heteroatoms. The average molecular weight is 659 g/mol. The molecule has 2 atom stereocenters. The molecule has 0 aliphatic heterocycles. The molecule has 3 N–H and O–H groups in total. The molecule has 0 aliphatic carbocycles. The standard InChI is InChI=1S/C16H25I2NO7P2/c1-2-3-4-5-6-7-8-16(20)19-12-13-9-10-14(25-27(17,21)22)15(11-13)26-28(18,23)24/h9-11H,2-8,12H2,1H3,(H,19,20)(H,21,22)(H,23,24). The molecule has 0 fully saturated rings. The molecule has 0 spiro atoms. The van der Waals surface area contributed by atoms with Crippen molar-refractivity contribution in [1.29, 1.82) is 0 Å². The largest absolute Gasteiger partial charge is 0.436 e. The van der Waals surface area contributed by atoms with E-state index in [9.17, 15) is 23.7 Å². The molecule has 0 saturated carbocycles. The van der Waals surface area contributed by atoms with Crippen molar-refractivity contribution in [3.05, 3.63) is 23.8 Å². The second-order valence-corrected chi connectivity index (χ2v) is 15.6. The molecular formula is C16H25I2NO7P2. The molecule has 1 aromatic rings. The molecule has 8 nitrogen and oxygen atoms in total. The molecule has 1 amide bonds. The fourth-order valence-electron chi connectivity index (χ4n) is 2.41. The van der Waals surface area contributed by atoms with E-state index in [0.29, 0.717) is 12.0 Å². The molecule has 0 radical (unpaired) electrons. The van der Waals surface area contributed by atoms with Crippen LogP contribution >= 0.6 is 54.6 Å². The van der Waals surface area contributed by atoms with Crippen molar-refractivity contribution in [3.63, 3.8) is 0 Å². The Kier molecular flexibility index (Phi) is 11.9. The fraction of sp³-hybridized carbons (Fsp3) is 0.562. The molecular weight excluding hydrogens is 634 g/mol. The zero-order valence-electron chi connectivity index (χ0n) is 15.5. The molecule has 2 unspecified atom stereocenters. The van der Waals surface area contributed by atoms with E-state index in [-0.39, 0.29) is 24.0 Å². The molecule has 1 rings (SSSR count). The summed E-state index contributed by atoms with van der Waals surface area (Å²) < 4.78 is 32.9. The Bertz CT molecular complexity index is 736. The summed E-state index contributed by atoms with van der Waals surface area (Å²) in [6, 6.07) is 4.33. The Labute approximate surface area is 191 Å². The van der Waals surface area contributed by atoms with Crippen LogP contribution in [0.3, 0.4) is 0 Å². The Morgan fingerprint density at radius 3 is 2.18 bits per heavy atom. The lowest BCUT2D eigenvalue weighted by Crippen LogP contribution is -2.22. The summed E-state index contributed by atoms with van der Waals surface area (Å²) in [4.78, 5) is 30.8. The number of carbonyl (C=O) groups is 1. The number of halogens is 2. The normalized spacial score (nSPS) is 15.3. The number of amides is 1. The van der Waals surface area contributed by atoms with Gasteiger partial charge in [-0.05, 0) is 24.1 Å². The van der Waals surface area contributed by atoms with Gasteiger partial charge < -0.3 is 24.2 Å². The van der Waals surface area contributed by atoms with Crippen LogP contribution in [-0.2, 0) is 20.5 Å². The van der Waals surface area contributed by atoms with Gasteiger partial charge in [-0.2, -0.15) is 0 Å². The van der Waals surface area contributed by atoms with Crippen LogP contribution < -0.4 is 14.4 Å². The minimum absolute atomic E-state index is 0.0767. The molecule has 0 saturated heterocycles. The minimum Gasteiger partial charge on any atom is -0.414 e. The Morgan fingerprint density at radius 1 is 1.00 bits per heavy atom. The maximum absolute atomic E-state index is 11.9. The zero-order valence-corrected chi connectivity index (χ0v) is 21.6. The third kappa shape index (κ3) is 12.6. The van der Waals surface area contributed by atoms with E-state index >= 15 is 0 Å². The molecule has 0 aromatic heterocycles. The van der Waals surface area contributed by atoms with Crippen LogP contribution in [-0.4, -0.2) is 15.7 Å². The zero-order chi connectivity index (χ0) is 21.2. The van der Waals surface area contributed by atoms with Gasteiger partial charge in [0.15, 0.2) is 11.5 Å². The van der Waals surface area contributed by atoms with Gasteiger partial charge in [0.2, 0.25) is 5.91 Å². The van der Waals surface area contributed by atoms with Crippen LogP contribution in [0, 0.1) is 0 Å². The highest BCUT2D eigenvalue weighted by Gasteiger charge is 2.23. The summed E-state index contributed by atoms with van der Waals surface area (Å²) in [5.41, 5.74) is 0.602. The van der Waals surface area contributed by atoms with Crippen molar-refractivity contribution in [1.82, 2.24) is 5.32 Å². The minimum atomic E-state index is -3.94. The van der Waals surface area contributed by atoms with Gasteiger partial charge in [0.1, 0.15) is 0 Å². The maximum atomic E-state index is 11.9. The van der Waals surface area contributed by atoms with Crippen molar-refractivity contribution in [2.24, 2.45) is 0 Å². The number of carbonyl (C=O) groups excluding carboxylic acids is 1. The van der Waals surface area contributed by atoms with E-state index in [1.165, 1.54) is 75.5 Å². The monoisotopic (exact) mass is 659 g/mol. The Hall–Kier alpha value is 0.130. The molecule has 160 valence electrons. The topological polar surface area (TPSA) is 122 Å². The van der Waals surface area contributed by atoms with Crippen molar-refractivity contribution in [2.75, 3.05) is 0 Å². The predicted octanol–water partition coefficient (Wildman–Crippen LogP) is 5.88. The third-order valence-electron chi connectivity index (χ3n) is 3.68. The van der Waals surface area contributed by atoms with Crippen molar-refractivity contribution < 1.29 is 32.8 Å². The van der Waals surface area contributed by atoms with Crippen LogP contribution in [0.4, 0.5) is 0 Å². The summed E-state index contributed by atoms with van der Waals surface area (Å²) in [5, 5.41) is -5.05. The van der Waals surface area contributed by atoms with Gasteiger partial charge in [0.25, 0.3) is 0 Å². The maximum Gasteiger partial charge on any atom is 0.436 e. The summed E-state index contributed by atoms with van der Waals surface area (Å²) in [6.45, 7) is 2.36. The van der Waals surface area contributed by atoms with Crippen molar-refractivity contribution in [2.45, 2.75) is 58.4 Å². The number of unbranched alkanes of at least 4 members (excludes halogenated alkanes) is 5. The van der Waals surface area contributed by atoms with Gasteiger partial charge in [0, 0.05) is 13.0 Å². The predicted molar refractivity (Wildman–Crippen MR) is 125 cm³/mol. The number of hydrogen-bond acceptors (Lipinski definition) is 5. The van der Waals surface area contributed by atoms with Crippen molar-refractivity contribution >= 4 is 60.5 Å². The van der Waals surface area contributed by atoms with Gasteiger partial charge >= 0.3 is 10.5 Å². The Morgan fingerprint density at radius 2 is 1.57 bits per heavy atom. The van der Waals surface area contributed by atoms with Crippen LogP contribution in [0.2, 0.25) is 0 Å². The van der Waals surface area contributed by atoms with E-state index in [1.807, 2.05) is 0 Å². The molecule has 0 heterocycles. The van der Waals surface area contributed by atoms with E-state index < -0.39 is 10.5 Å². The van der Waals surface area contributed by atoms with Gasteiger partial charge in [-0.25, -0.2) is 9.13 Å². The van der Waals surface area contributed by atoms with Gasteiger partial charge in [0.05, 0.1) is 44.1 Å². The summed E-state index contributed by atoms with van der Waals surface area (Å²) in [6.07, 6.45) is 7.03. The second-order valence-electron chi connectivity index (χ2n) is 6.16. The summed E-state index contributed by atoms with van der Waals surface area (Å²) in [5.74, 6) is -0.352. The number of nitrogens with one attached hydrogen (secondary N) is 1. The smallest absolute Gasteiger partial charge is 0.414 e. The van der Waals surface area contributed by atoms with Gasteiger partial charge in [-0.3, -0.25) is 4.79 Å². The van der Waals surface area contributed by atoms with E-state index in [1.54, 1.807) is 6.07 Å².